The van der Waals surface area contributed by atoms with Crippen LogP contribution in [0.25, 0.3) is 0 Å². The summed E-state index contributed by atoms with van der Waals surface area (Å²) in [5, 5.41) is 11.0. The summed E-state index contributed by atoms with van der Waals surface area (Å²) in [7, 11) is -3.99. The molecule has 0 bridgehead atoms. The third-order valence-corrected chi connectivity index (χ3v) is 5.85. The van der Waals surface area contributed by atoms with Gasteiger partial charge in [-0.3, -0.25) is 10.1 Å². The van der Waals surface area contributed by atoms with Gasteiger partial charge in [-0.25, -0.2) is 13.1 Å². The van der Waals surface area contributed by atoms with Crippen molar-refractivity contribution in [1.82, 2.24) is 4.72 Å². The average molecular weight is 356 g/mol. The van der Waals surface area contributed by atoms with Crippen LogP contribution in [0.4, 0.5) is 5.69 Å². The number of rotatable bonds is 5. The van der Waals surface area contributed by atoms with Crippen molar-refractivity contribution in [3.8, 4) is 0 Å². The van der Waals surface area contributed by atoms with E-state index < -0.39 is 26.4 Å². The highest BCUT2D eigenvalue weighted by Crippen LogP contribution is 2.37. The predicted octanol–water partition coefficient (Wildman–Crippen LogP) is 1.95. The number of para-hydroxylation sites is 1. The molecule has 2 fully saturated rings. The Labute approximate surface area is 140 Å². The smallest absolute Gasteiger partial charge is 0.289 e. The van der Waals surface area contributed by atoms with E-state index in [9.17, 15) is 18.5 Å². The van der Waals surface area contributed by atoms with Crippen molar-refractivity contribution in [1.29, 1.82) is 0 Å². The second kappa shape index (κ2) is 6.75. The molecular weight excluding hydrogens is 336 g/mol. The van der Waals surface area contributed by atoms with E-state index in [0.29, 0.717) is 6.61 Å². The molecule has 1 atom stereocenters. The monoisotopic (exact) mass is 356 g/mol. The van der Waals surface area contributed by atoms with Crippen molar-refractivity contribution in [3.63, 3.8) is 0 Å². The zero-order valence-corrected chi connectivity index (χ0v) is 14.0. The van der Waals surface area contributed by atoms with E-state index in [1.807, 2.05) is 0 Å². The fourth-order valence-corrected chi connectivity index (χ4v) is 4.42. The molecule has 1 aromatic carbocycles. The van der Waals surface area contributed by atoms with Gasteiger partial charge in [0.1, 0.15) is 0 Å². The summed E-state index contributed by atoms with van der Waals surface area (Å²) in [5.41, 5.74) is -0.447. The molecule has 8 nitrogen and oxygen atoms in total. The van der Waals surface area contributed by atoms with Crippen molar-refractivity contribution in [2.24, 2.45) is 0 Å². The van der Waals surface area contributed by atoms with Crippen molar-refractivity contribution in [2.45, 2.75) is 48.9 Å². The van der Waals surface area contributed by atoms with Crippen LogP contribution in [0.1, 0.15) is 32.1 Å². The van der Waals surface area contributed by atoms with Crippen molar-refractivity contribution in [2.75, 3.05) is 13.2 Å². The SMILES string of the molecule is O=[N+]([O-])c1ccccc1S(=O)(=O)NC[C@H]1COC2(CCCCC2)O1. The summed E-state index contributed by atoms with van der Waals surface area (Å²) < 4.78 is 38.8. The molecule has 132 valence electrons. The Hall–Kier alpha value is -1.55. The van der Waals surface area contributed by atoms with Crippen LogP contribution in [0, 0.1) is 10.1 Å². The molecule has 0 radical (unpaired) electrons. The number of nitrogens with zero attached hydrogens (tertiary/aromatic N) is 1. The Balaban J connectivity index is 1.65. The minimum Gasteiger partial charge on any atom is -0.347 e. The predicted molar refractivity (Wildman–Crippen MR) is 84.9 cm³/mol. The van der Waals surface area contributed by atoms with Crippen LogP contribution in [-0.2, 0) is 19.5 Å². The van der Waals surface area contributed by atoms with E-state index in [0.717, 1.165) is 32.1 Å². The first-order valence-corrected chi connectivity index (χ1v) is 9.45. The van der Waals surface area contributed by atoms with Gasteiger partial charge in [0, 0.05) is 25.5 Å². The standard InChI is InChI=1S/C15H20N2O6S/c18-17(19)13-6-2-3-7-14(13)24(20,21)16-10-12-11-22-15(23-12)8-4-1-5-9-15/h2-3,6-7,12,16H,1,4-5,8-11H2/t12-/m0/s1. The Morgan fingerprint density at radius 1 is 1.25 bits per heavy atom. The normalized spacial score (nSPS) is 23.4. The van der Waals surface area contributed by atoms with Crippen LogP contribution in [0.15, 0.2) is 29.2 Å². The lowest BCUT2D eigenvalue weighted by atomic mass is 9.94. The molecule has 1 heterocycles. The number of benzene rings is 1. The number of ether oxygens (including phenoxy) is 2. The summed E-state index contributed by atoms with van der Waals surface area (Å²) in [6.07, 6.45) is 4.48. The molecule has 3 rings (SSSR count). The van der Waals surface area contributed by atoms with Crippen LogP contribution in [0.5, 0.6) is 0 Å². The number of nitrogens with one attached hydrogen (secondary N) is 1. The summed E-state index contributed by atoms with van der Waals surface area (Å²) in [6.45, 7) is 0.343. The molecule has 24 heavy (non-hydrogen) atoms. The van der Waals surface area contributed by atoms with Gasteiger partial charge in [-0.15, -0.1) is 0 Å². The van der Waals surface area contributed by atoms with E-state index in [2.05, 4.69) is 4.72 Å². The fourth-order valence-electron chi connectivity index (χ4n) is 3.19. The molecule has 1 aliphatic heterocycles. The molecule has 1 saturated carbocycles. The summed E-state index contributed by atoms with van der Waals surface area (Å²) >= 11 is 0. The maximum Gasteiger partial charge on any atom is 0.289 e. The lowest BCUT2D eigenvalue weighted by Crippen LogP contribution is -2.37. The van der Waals surface area contributed by atoms with Gasteiger partial charge in [-0.05, 0) is 18.9 Å². The molecule has 0 unspecified atom stereocenters. The average Bonchev–Trinajstić information content (AvgIpc) is 2.96. The summed E-state index contributed by atoms with van der Waals surface area (Å²) in [6, 6.07) is 5.27. The lowest BCUT2D eigenvalue weighted by molar-refractivity contribution is -0.387. The molecule has 1 aromatic rings. The van der Waals surface area contributed by atoms with Gasteiger partial charge in [-0.1, -0.05) is 18.6 Å². The Bertz CT molecular complexity index is 714. The van der Waals surface area contributed by atoms with Gasteiger partial charge < -0.3 is 9.47 Å². The second-order valence-corrected chi connectivity index (χ2v) is 7.83. The zero-order chi connectivity index (χ0) is 17.2. The highest BCUT2D eigenvalue weighted by atomic mass is 32.2. The number of nitro benzene ring substituents is 1. The first kappa shape index (κ1) is 17.3. The van der Waals surface area contributed by atoms with E-state index in [4.69, 9.17) is 9.47 Å². The highest BCUT2D eigenvalue weighted by molar-refractivity contribution is 7.89. The number of sulfonamides is 1. The molecular formula is C15H20N2O6S. The van der Waals surface area contributed by atoms with Crippen LogP contribution in [-0.4, -0.2) is 38.4 Å². The minimum absolute atomic E-state index is 0.0239. The first-order chi connectivity index (χ1) is 11.4. The van der Waals surface area contributed by atoms with Gasteiger partial charge in [0.05, 0.1) is 17.6 Å². The van der Waals surface area contributed by atoms with Crippen molar-refractivity contribution >= 4 is 15.7 Å². The van der Waals surface area contributed by atoms with E-state index in [-0.39, 0.29) is 17.5 Å². The Morgan fingerprint density at radius 2 is 1.96 bits per heavy atom. The van der Waals surface area contributed by atoms with E-state index in [1.54, 1.807) is 0 Å². The van der Waals surface area contributed by atoms with E-state index >= 15 is 0 Å². The van der Waals surface area contributed by atoms with Crippen LogP contribution in [0.2, 0.25) is 0 Å². The highest BCUT2D eigenvalue weighted by Gasteiger charge is 2.42. The summed E-state index contributed by atoms with van der Waals surface area (Å²) in [4.78, 5) is 9.95. The molecule has 1 N–H and O–H groups in total. The first-order valence-electron chi connectivity index (χ1n) is 7.97. The van der Waals surface area contributed by atoms with Gasteiger partial charge >= 0.3 is 0 Å². The van der Waals surface area contributed by atoms with Crippen LogP contribution in [0.3, 0.4) is 0 Å². The number of hydrogen-bond acceptors (Lipinski definition) is 6. The topological polar surface area (TPSA) is 108 Å². The summed E-state index contributed by atoms with van der Waals surface area (Å²) in [5.74, 6) is -0.576. The van der Waals surface area contributed by atoms with Crippen LogP contribution >= 0.6 is 0 Å². The molecule has 2 aliphatic rings. The lowest BCUT2D eigenvalue weighted by Gasteiger charge is -2.31. The van der Waals surface area contributed by atoms with Gasteiger partial charge in [-0.2, -0.15) is 0 Å². The maximum absolute atomic E-state index is 12.4. The molecule has 1 spiro atoms. The molecule has 0 amide bonds. The molecule has 9 heteroatoms. The van der Waals surface area contributed by atoms with Gasteiger partial charge in [0.25, 0.3) is 5.69 Å². The molecule has 0 aromatic heterocycles. The quantitative estimate of drug-likeness (QED) is 0.638. The third-order valence-electron chi connectivity index (χ3n) is 4.38. The minimum atomic E-state index is -3.99. The Kier molecular flexibility index (Phi) is 4.86. The Morgan fingerprint density at radius 3 is 2.67 bits per heavy atom. The van der Waals surface area contributed by atoms with Gasteiger partial charge in [0.2, 0.25) is 10.0 Å². The number of hydrogen-bond donors (Lipinski definition) is 1. The maximum atomic E-state index is 12.4. The third kappa shape index (κ3) is 3.59. The van der Waals surface area contributed by atoms with Crippen molar-refractivity contribution < 1.29 is 22.8 Å². The number of nitro groups is 1. The second-order valence-electron chi connectivity index (χ2n) is 6.10. The molecule has 1 saturated heterocycles. The molecule has 1 aliphatic carbocycles. The van der Waals surface area contributed by atoms with Gasteiger partial charge in [0.15, 0.2) is 10.7 Å². The van der Waals surface area contributed by atoms with E-state index in [1.165, 1.54) is 24.3 Å². The van der Waals surface area contributed by atoms with Crippen molar-refractivity contribution in [3.05, 3.63) is 34.4 Å². The zero-order valence-electron chi connectivity index (χ0n) is 13.1. The van der Waals surface area contributed by atoms with Crippen LogP contribution < -0.4 is 4.72 Å². The largest absolute Gasteiger partial charge is 0.347 e. The fraction of sp³-hybridized carbons (Fsp3) is 0.600.